The van der Waals surface area contributed by atoms with E-state index in [4.69, 9.17) is 5.73 Å². The molecule has 1 aromatic rings. The Morgan fingerprint density at radius 3 is 2.62 bits per heavy atom. The lowest BCUT2D eigenvalue weighted by molar-refractivity contribution is 0.628. The zero-order chi connectivity index (χ0) is 9.68. The topological polar surface area (TPSA) is 63.8 Å². The maximum atomic E-state index is 5.49. The Morgan fingerprint density at radius 1 is 1.46 bits per heavy atom. The van der Waals surface area contributed by atoms with E-state index < -0.39 is 0 Å². The van der Waals surface area contributed by atoms with E-state index in [0.717, 1.165) is 18.1 Å². The molecule has 4 heteroatoms. The number of nitrogens with two attached hydrogens (primary N) is 1. The molecule has 1 atom stereocenters. The van der Waals surface area contributed by atoms with Gasteiger partial charge >= 0.3 is 0 Å². The van der Waals surface area contributed by atoms with Gasteiger partial charge in [-0.1, -0.05) is 6.92 Å². The van der Waals surface area contributed by atoms with E-state index in [1.807, 2.05) is 6.92 Å². The lowest BCUT2D eigenvalue weighted by Crippen LogP contribution is -2.19. The first-order chi connectivity index (χ1) is 6.22. The van der Waals surface area contributed by atoms with Crippen molar-refractivity contribution in [2.75, 3.05) is 18.4 Å². The first-order valence-corrected chi connectivity index (χ1v) is 4.45. The number of hydrogen-bond acceptors (Lipinski definition) is 4. The second-order valence-corrected chi connectivity index (χ2v) is 3.24. The molecule has 72 valence electrons. The number of aromatic nitrogens is 2. The maximum absolute atomic E-state index is 5.49. The second kappa shape index (κ2) is 4.77. The normalized spacial score (nSPS) is 12.5. The molecule has 0 saturated heterocycles. The SMILES string of the molecule is Cc1ncc(NCC(C)CN)cn1. The highest BCUT2D eigenvalue weighted by Crippen LogP contribution is 2.03. The van der Waals surface area contributed by atoms with Crippen molar-refractivity contribution in [1.29, 1.82) is 0 Å². The molecular weight excluding hydrogens is 164 g/mol. The number of nitrogens with zero attached hydrogens (tertiary/aromatic N) is 2. The van der Waals surface area contributed by atoms with Crippen LogP contribution in [0.25, 0.3) is 0 Å². The molecule has 3 N–H and O–H groups in total. The molecule has 4 nitrogen and oxygen atoms in total. The van der Waals surface area contributed by atoms with Crippen molar-refractivity contribution in [3.63, 3.8) is 0 Å². The highest BCUT2D eigenvalue weighted by atomic mass is 14.9. The molecule has 13 heavy (non-hydrogen) atoms. The van der Waals surface area contributed by atoms with Gasteiger partial charge in [-0.05, 0) is 19.4 Å². The van der Waals surface area contributed by atoms with Crippen molar-refractivity contribution in [1.82, 2.24) is 9.97 Å². The average Bonchev–Trinajstić information content (AvgIpc) is 2.16. The smallest absolute Gasteiger partial charge is 0.125 e. The maximum Gasteiger partial charge on any atom is 0.125 e. The van der Waals surface area contributed by atoms with E-state index >= 15 is 0 Å². The molecule has 0 fully saturated rings. The van der Waals surface area contributed by atoms with Crippen LogP contribution in [0.4, 0.5) is 5.69 Å². The van der Waals surface area contributed by atoms with Gasteiger partial charge in [-0.15, -0.1) is 0 Å². The summed E-state index contributed by atoms with van der Waals surface area (Å²) in [6.07, 6.45) is 3.57. The Kier molecular flexibility index (Phi) is 3.64. The van der Waals surface area contributed by atoms with E-state index in [-0.39, 0.29) is 0 Å². The molecule has 1 rings (SSSR count). The van der Waals surface area contributed by atoms with Gasteiger partial charge in [-0.2, -0.15) is 0 Å². The molecule has 0 amide bonds. The van der Waals surface area contributed by atoms with Crippen molar-refractivity contribution in [3.8, 4) is 0 Å². The molecule has 1 unspecified atom stereocenters. The van der Waals surface area contributed by atoms with E-state index in [2.05, 4.69) is 22.2 Å². The van der Waals surface area contributed by atoms with Gasteiger partial charge in [0.05, 0.1) is 18.1 Å². The molecule has 1 aromatic heterocycles. The summed E-state index contributed by atoms with van der Waals surface area (Å²) in [5.74, 6) is 1.26. The summed E-state index contributed by atoms with van der Waals surface area (Å²) < 4.78 is 0. The monoisotopic (exact) mass is 180 g/mol. The number of nitrogens with one attached hydrogen (secondary N) is 1. The van der Waals surface area contributed by atoms with E-state index in [1.165, 1.54) is 0 Å². The minimum atomic E-state index is 0.473. The van der Waals surface area contributed by atoms with Crippen LogP contribution in [0.15, 0.2) is 12.4 Å². The van der Waals surface area contributed by atoms with Crippen LogP contribution in [-0.4, -0.2) is 23.1 Å². The molecule has 0 saturated carbocycles. The Bertz CT molecular complexity index is 244. The standard InChI is InChI=1S/C9H16N4/c1-7(3-10)4-13-9-5-11-8(2)12-6-9/h5-7,13H,3-4,10H2,1-2H3. The molecular formula is C9H16N4. The van der Waals surface area contributed by atoms with Gasteiger partial charge in [-0.3, -0.25) is 0 Å². The number of aryl methyl sites for hydroxylation is 1. The summed E-state index contributed by atoms with van der Waals surface area (Å²) in [6.45, 7) is 5.52. The first kappa shape index (κ1) is 9.92. The minimum absolute atomic E-state index is 0.473. The summed E-state index contributed by atoms with van der Waals surface area (Å²) in [6, 6.07) is 0. The third-order valence-corrected chi connectivity index (χ3v) is 1.84. The third kappa shape index (κ3) is 3.38. The van der Waals surface area contributed by atoms with Crippen molar-refractivity contribution in [2.45, 2.75) is 13.8 Å². The zero-order valence-electron chi connectivity index (χ0n) is 8.12. The van der Waals surface area contributed by atoms with Crippen LogP contribution in [0.3, 0.4) is 0 Å². The highest BCUT2D eigenvalue weighted by Gasteiger charge is 1.98. The van der Waals surface area contributed by atoms with Crippen LogP contribution in [0.1, 0.15) is 12.7 Å². The molecule has 0 aliphatic carbocycles. The fraction of sp³-hybridized carbons (Fsp3) is 0.556. The molecule has 0 radical (unpaired) electrons. The van der Waals surface area contributed by atoms with E-state index in [1.54, 1.807) is 12.4 Å². The number of hydrogen-bond donors (Lipinski definition) is 2. The molecule has 0 aromatic carbocycles. The summed E-state index contributed by atoms with van der Waals surface area (Å²) in [4.78, 5) is 8.16. The van der Waals surface area contributed by atoms with Gasteiger partial charge in [0.2, 0.25) is 0 Å². The Morgan fingerprint density at radius 2 is 2.08 bits per heavy atom. The fourth-order valence-corrected chi connectivity index (χ4v) is 0.859. The van der Waals surface area contributed by atoms with Crippen LogP contribution in [0.5, 0.6) is 0 Å². The fourth-order valence-electron chi connectivity index (χ4n) is 0.859. The zero-order valence-corrected chi connectivity index (χ0v) is 8.12. The number of rotatable bonds is 4. The van der Waals surface area contributed by atoms with Crippen LogP contribution in [-0.2, 0) is 0 Å². The minimum Gasteiger partial charge on any atom is -0.382 e. The number of anilines is 1. The largest absolute Gasteiger partial charge is 0.382 e. The molecule has 0 aliphatic rings. The molecule has 0 bridgehead atoms. The Balaban J connectivity index is 2.41. The van der Waals surface area contributed by atoms with Gasteiger partial charge < -0.3 is 11.1 Å². The third-order valence-electron chi connectivity index (χ3n) is 1.84. The summed E-state index contributed by atoms with van der Waals surface area (Å²) in [5.41, 5.74) is 6.44. The summed E-state index contributed by atoms with van der Waals surface area (Å²) in [5, 5.41) is 3.22. The van der Waals surface area contributed by atoms with Crippen molar-refractivity contribution < 1.29 is 0 Å². The van der Waals surface area contributed by atoms with Crippen LogP contribution in [0.2, 0.25) is 0 Å². The van der Waals surface area contributed by atoms with Gasteiger partial charge in [0.1, 0.15) is 5.82 Å². The van der Waals surface area contributed by atoms with Crippen molar-refractivity contribution >= 4 is 5.69 Å². The predicted molar refractivity (Wildman–Crippen MR) is 53.5 cm³/mol. The van der Waals surface area contributed by atoms with Crippen molar-refractivity contribution in [3.05, 3.63) is 18.2 Å². The lowest BCUT2D eigenvalue weighted by atomic mass is 10.2. The molecule has 1 heterocycles. The van der Waals surface area contributed by atoms with Gasteiger partial charge in [0, 0.05) is 6.54 Å². The summed E-state index contributed by atoms with van der Waals surface area (Å²) >= 11 is 0. The molecule has 0 aliphatic heterocycles. The molecule has 0 spiro atoms. The van der Waals surface area contributed by atoms with Crippen LogP contribution >= 0.6 is 0 Å². The quantitative estimate of drug-likeness (QED) is 0.719. The van der Waals surface area contributed by atoms with Gasteiger partial charge in [0.25, 0.3) is 0 Å². The lowest BCUT2D eigenvalue weighted by Gasteiger charge is -2.10. The Hall–Kier alpha value is -1.16. The van der Waals surface area contributed by atoms with Crippen LogP contribution < -0.4 is 11.1 Å². The first-order valence-electron chi connectivity index (χ1n) is 4.45. The van der Waals surface area contributed by atoms with E-state index in [0.29, 0.717) is 12.5 Å². The van der Waals surface area contributed by atoms with Crippen molar-refractivity contribution in [2.24, 2.45) is 11.7 Å². The second-order valence-electron chi connectivity index (χ2n) is 3.24. The predicted octanol–water partition coefficient (Wildman–Crippen LogP) is 0.792. The Labute approximate surface area is 78.6 Å². The van der Waals surface area contributed by atoms with Gasteiger partial charge in [0.15, 0.2) is 0 Å². The van der Waals surface area contributed by atoms with Gasteiger partial charge in [-0.25, -0.2) is 9.97 Å². The van der Waals surface area contributed by atoms with E-state index in [9.17, 15) is 0 Å². The summed E-state index contributed by atoms with van der Waals surface area (Å²) in [7, 11) is 0. The average molecular weight is 180 g/mol. The van der Waals surface area contributed by atoms with Crippen LogP contribution in [0, 0.1) is 12.8 Å². The highest BCUT2D eigenvalue weighted by molar-refractivity contribution is 5.37.